The van der Waals surface area contributed by atoms with Crippen LogP contribution in [0.25, 0.3) is 11.1 Å². The van der Waals surface area contributed by atoms with Gasteiger partial charge in [0.1, 0.15) is 6.54 Å². The van der Waals surface area contributed by atoms with Gasteiger partial charge < -0.3 is 5.73 Å². The number of rotatable bonds is 4. The van der Waals surface area contributed by atoms with Gasteiger partial charge in [-0.15, -0.1) is 0 Å². The van der Waals surface area contributed by atoms with Crippen molar-refractivity contribution in [1.82, 2.24) is 4.72 Å². The smallest absolute Gasteiger partial charge is 0.398 e. The van der Waals surface area contributed by atoms with Crippen molar-refractivity contribution in [2.45, 2.75) is 11.1 Å². The molecule has 22 heavy (non-hydrogen) atoms. The first-order valence-electron chi connectivity index (χ1n) is 6.20. The topological polar surface area (TPSA) is 72.2 Å². The lowest BCUT2D eigenvalue weighted by molar-refractivity contribution is -0.121. The minimum Gasteiger partial charge on any atom is -0.398 e. The zero-order valence-corrected chi connectivity index (χ0v) is 12.1. The van der Waals surface area contributed by atoms with Gasteiger partial charge in [-0.1, -0.05) is 36.4 Å². The van der Waals surface area contributed by atoms with Gasteiger partial charge in [-0.3, -0.25) is 0 Å². The van der Waals surface area contributed by atoms with Crippen LogP contribution in [0.1, 0.15) is 0 Å². The third-order valence-corrected chi connectivity index (χ3v) is 4.28. The Balaban J connectivity index is 2.30. The summed E-state index contributed by atoms with van der Waals surface area (Å²) in [7, 11) is -4.26. The molecule has 0 bridgehead atoms. The predicted molar refractivity (Wildman–Crippen MR) is 77.5 cm³/mol. The maximum absolute atomic E-state index is 12.1. The third kappa shape index (κ3) is 3.99. The van der Waals surface area contributed by atoms with Crippen molar-refractivity contribution in [3.05, 3.63) is 48.5 Å². The molecule has 118 valence electrons. The summed E-state index contributed by atoms with van der Waals surface area (Å²) < 4.78 is 61.5. The summed E-state index contributed by atoms with van der Waals surface area (Å²) in [5.74, 6) is 0. The number of benzene rings is 2. The number of hydrogen-bond acceptors (Lipinski definition) is 3. The van der Waals surface area contributed by atoms with Gasteiger partial charge >= 0.3 is 6.18 Å². The highest BCUT2D eigenvalue weighted by Crippen LogP contribution is 2.28. The second-order valence-corrected chi connectivity index (χ2v) is 6.32. The van der Waals surface area contributed by atoms with Crippen LogP contribution in [-0.2, 0) is 10.0 Å². The summed E-state index contributed by atoms with van der Waals surface area (Å²) in [5.41, 5.74) is 7.38. The average Bonchev–Trinajstić information content (AvgIpc) is 2.45. The van der Waals surface area contributed by atoms with Gasteiger partial charge in [-0.25, -0.2) is 13.1 Å². The highest BCUT2D eigenvalue weighted by atomic mass is 32.2. The van der Waals surface area contributed by atoms with Gasteiger partial charge in [0.15, 0.2) is 0 Å². The fourth-order valence-electron chi connectivity index (χ4n) is 1.85. The molecule has 0 fully saturated rings. The largest absolute Gasteiger partial charge is 0.402 e. The van der Waals surface area contributed by atoms with Crippen molar-refractivity contribution in [2.24, 2.45) is 0 Å². The van der Waals surface area contributed by atoms with E-state index in [1.165, 1.54) is 16.9 Å². The number of anilines is 1. The maximum atomic E-state index is 12.1. The molecule has 0 atom stereocenters. The van der Waals surface area contributed by atoms with Crippen LogP contribution in [0.4, 0.5) is 18.9 Å². The van der Waals surface area contributed by atoms with E-state index in [1.54, 1.807) is 24.3 Å². The molecular formula is C14H13F3N2O2S. The van der Waals surface area contributed by atoms with E-state index in [0.29, 0.717) is 5.56 Å². The molecule has 0 heterocycles. The number of sulfonamides is 1. The van der Waals surface area contributed by atoms with Crippen LogP contribution in [-0.4, -0.2) is 21.1 Å². The lowest BCUT2D eigenvalue weighted by atomic mass is 10.0. The number of nitrogens with two attached hydrogens (primary N) is 1. The van der Waals surface area contributed by atoms with Crippen molar-refractivity contribution in [2.75, 3.05) is 12.3 Å². The van der Waals surface area contributed by atoms with Gasteiger partial charge in [0.25, 0.3) is 0 Å². The number of halogens is 3. The van der Waals surface area contributed by atoms with E-state index in [1.807, 2.05) is 6.07 Å². The van der Waals surface area contributed by atoms with Crippen molar-refractivity contribution in [3.63, 3.8) is 0 Å². The van der Waals surface area contributed by atoms with Crippen molar-refractivity contribution >= 4 is 15.7 Å². The number of nitrogen functional groups attached to an aromatic ring is 1. The Morgan fingerprint density at radius 2 is 1.68 bits per heavy atom. The van der Waals surface area contributed by atoms with E-state index in [4.69, 9.17) is 5.73 Å². The summed E-state index contributed by atoms with van der Waals surface area (Å²) in [4.78, 5) is -0.311. The highest BCUT2D eigenvalue weighted by molar-refractivity contribution is 7.89. The molecule has 0 unspecified atom stereocenters. The summed E-state index contributed by atoms with van der Waals surface area (Å²) >= 11 is 0. The van der Waals surface area contributed by atoms with E-state index >= 15 is 0 Å². The maximum Gasteiger partial charge on any atom is 0.402 e. The Labute approximate surface area is 125 Å². The summed E-state index contributed by atoms with van der Waals surface area (Å²) in [5, 5.41) is 0. The van der Waals surface area contributed by atoms with Crippen LogP contribution in [0.15, 0.2) is 53.4 Å². The second kappa shape index (κ2) is 5.98. The average molecular weight is 330 g/mol. The molecule has 0 aliphatic heterocycles. The van der Waals surface area contributed by atoms with E-state index < -0.39 is 22.7 Å². The fraction of sp³-hybridized carbons (Fsp3) is 0.143. The van der Waals surface area contributed by atoms with Gasteiger partial charge in [-0.2, -0.15) is 13.2 Å². The predicted octanol–water partition coefficient (Wildman–Crippen LogP) is 2.78. The molecule has 0 aromatic heterocycles. The summed E-state index contributed by atoms with van der Waals surface area (Å²) in [6, 6.07) is 12.8. The molecule has 0 spiro atoms. The van der Waals surface area contributed by atoms with Crippen LogP contribution in [0.5, 0.6) is 0 Å². The molecular weight excluding hydrogens is 317 g/mol. The van der Waals surface area contributed by atoms with Crippen molar-refractivity contribution in [1.29, 1.82) is 0 Å². The standard InChI is InChI=1S/C14H13F3N2O2S/c15-14(16,17)9-19-22(20,21)11-6-7-12(13(18)8-11)10-4-2-1-3-5-10/h1-8,19H,9,18H2. The van der Waals surface area contributed by atoms with Crippen LogP contribution in [0, 0.1) is 0 Å². The zero-order valence-electron chi connectivity index (χ0n) is 11.3. The Kier molecular flexibility index (Phi) is 4.43. The normalized spacial score (nSPS) is 12.3. The molecule has 3 N–H and O–H groups in total. The van der Waals surface area contributed by atoms with Gasteiger partial charge in [0, 0.05) is 11.3 Å². The molecule has 2 rings (SSSR count). The first-order valence-corrected chi connectivity index (χ1v) is 7.69. The fourth-order valence-corrected chi connectivity index (χ4v) is 2.90. The molecule has 0 amide bonds. The van der Waals surface area contributed by atoms with E-state index in [2.05, 4.69) is 0 Å². The molecule has 0 aliphatic rings. The Morgan fingerprint density at radius 1 is 1.05 bits per heavy atom. The monoisotopic (exact) mass is 330 g/mol. The van der Waals surface area contributed by atoms with Gasteiger partial charge in [0.2, 0.25) is 10.0 Å². The van der Waals surface area contributed by atoms with Gasteiger partial charge in [0.05, 0.1) is 4.90 Å². The van der Waals surface area contributed by atoms with Gasteiger partial charge in [-0.05, 0) is 17.7 Å². The SMILES string of the molecule is Nc1cc(S(=O)(=O)NCC(F)(F)F)ccc1-c1ccccc1. The van der Waals surface area contributed by atoms with Crippen molar-refractivity contribution in [3.8, 4) is 11.1 Å². The Morgan fingerprint density at radius 3 is 2.23 bits per heavy atom. The van der Waals surface area contributed by atoms with Crippen LogP contribution in [0.3, 0.4) is 0 Å². The Hall–Kier alpha value is -2.06. The lowest BCUT2D eigenvalue weighted by Crippen LogP contribution is -2.33. The number of hydrogen-bond donors (Lipinski definition) is 2. The first-order chi connectivity index (χ1) is 10.2. The molecule has 0 saturated carbocycles. The van der Waals surface area contributed by atoms with E-state index in [9.17, 15) is 21.6 Å². The molecule has 2 aromatic carbocycles. The minimum absolute atomic E-state index is 0.168. The molecule has 0 radical (unpaired) electrons. The molecule has 8 heteroatoms. The van der Waals surface area contributed by atoms with Crippen LogP contribution < -0.4 is 10.5 Å². The van der Waals surface area contributed by atoms with Crippen LogP contribution >= 0.6 is 0 Å². The minimum atomic E-state index is -4.62. The van der Waals surface area contributed by atoms with Crippen LogP contribution in [0.2, 0.25) is 0 Å². The Bertz CT molecular complexity index is 759. The molecule has 4 nitrogen and oxygen atoms in total. The number of nitrogens with one attached hydrogen (secondary N) is 1. The zero-order chi connectivity index (χ0) is 16.4. The second-order valence-electron chi connectivity index (χ2n) is 4.55. The molecule has 2 aromatic rings. The van der Waals surface area contributed by atoms with E-state index in [0.717, 1.165) is 11.6 Å². The first kappa shape index (κ1) is 16.3. The molecule has 0 aliphatic carbocycles. The summed E-state index contributed by atoms with van der Waals surface area (Å²) in [6.45, 7) is -1.63. The number of alkyl halides is 3. The summed E-state index contributed by atoms with van der Waals surface area (Å²) in [6.07, 6.45) is -4.62. The molecule has 0 saturated heterocycles. The van der Waals surface area contributed by atoms with E-state index in [-0.39, 0.29) is 10.6 Å². The quantitative estimate of drug-likeness (QED) is 0.847. The van der Waals surface area contributed by atoms with Crippen molar-refractivity contribution < 1.29 is 21.6 Å². The highest BCUT2D eigenvalue weighted by Gasteiger charge is 2.30. The third-order valence-electron chi connectivity index (χ3n) is 2.88. The lowest BCUT2D eigenvalue weighted by Gasteiger charge is -2.11.